The molecule has 1 N–H and O–H groups in total. The minimum Gasteiger partial charge on any atom is -0.486 e. The van der Waals surface area contributed by atoms with Crippen molar-refractivity contribution < 1.29 is 19.4 Å². The Morgan fingerprint density at radius 3 is 3.06 bits per heavy atom. The number of fused-ring (bicyclic) bond motifs is 1. The van der Waals surface area contributed by atoms with Gasteiger partial charge in [0.1, 0.15) is 11.9 Å². The van der Waals surface area contributed by atoms with Crippen molar-refractivity contribution in [1.82, 2.24) is 0 Å². The molecule has 1 atom stereocenters. The number of hydrogen-bond donors (Lipinski definition) is 1. The maximum absolute atomic E-state index is 11.6. The SMILES string of the molecule is CCOC(=O)c1cc(Cl)c2c(c1)CC(CO)O2. The number of aliphatic hydroxyl groups excluding tert-OH is 1. The number of carbonyl (C=O) groups excluding carboxylic acids is 1. The number of hydrogen-bond acceptors (Lipinski definition) is 4. The van der Waals surface area contributed by atoms with Gasteiger partial charge in [0, 0.05) is 12.0 Å². The fraction of sp³-hybridized carbons (Fsp3) is 0.417. The third-order valence-corrected chi connectivity index (χ3v) is 2.85. The smallest absolute Gasteiger partial charge is 0.338 e. The first-order valence-electron chi connectivity index (χ1n) is 5.42. The molecule has 92 valence electrons. The molecular weight excluding hydrogens is 244 g/mol. The summed E-state index contributed by atoms with van der Waals surface area (Å²) in [6, 6.07) is 3.23. The largest absolute Gasteiger partial charge is 0.486 e. The number of halogens is 1. The van der Waals surface area contributed by atoms with Gasteiger partial charge in [-0.25, -0.2) is 4.79 Å². The Labute approximate surface area is 104 Å². The van der Waals surface area contributed by atoms with Crippen molar-refractivity contribution in [3.05, 3.63) is 28.3 Å². The van der Waals surface area contributed by atoms with E-state index < -0.39 is 5.97 Å². The van der Waals surface area contributed by atoms with Crippen molar-refractivity contribution in [3.63, 3.8) is 0 Å². The first-order valence-corrected chi connectivity index (χ1v) is 5.80. The summed E-state index contributed by atoms with van der Waals surface area (Å²) in [4.78, 5) is 11.6. The lowest BCUT2D eigenvalue weighted by molar-refractivity contribution is 0.0526. The zero-order valence-electron chi connectivity index (χ0n) is 9.40. The Kier molecular flexibility index (Phi) is 3.54. The lowest BCUT2D eigenvalue weighted by Gasteiger charge is -2.07. The van der Waals surface area contributed by atoms with E-state index in [0.717, 1.165) is 5.56 Å². The summed E-state index contributed by atoms with van der Waals surface area (Å²) in [5.41, 5.74) is 1.25. The lowest BCUT2D eigenvalue weighted by Crippen LogP contribution is -2.17. The summed E-state index contributed by atoms with van der Waals surface area (Å²) in [6.45, 7) is 2.00. The van der Waals surface area contributed by atoms with Gasteiger partial charge in [-0.3, -0.25) is 0 Å². The molecule has 0 fully saturated rings. The molecule has 1 heterocycles. The van der Waals surface area contributed by atoms with Crippen LogP contribution in [0.25, 0.3) is 0 Å². The third kappa shape index (κ3) is 2.37. The Bertz CT molecular complexity index is 444. The van der Waals surface area contributed by atoms with Gasteiger partial charge in [0.05, 0.1) is 23.8 Å². The zero-order valence-corrected chi connectivity index (χ0v) is 10.2. The van der Waals surface area contributed by atoms with E-state index in [4.69, 9.17) is 26.2 Å². The number of esters is 1. The van der Waals surface area contributed by atoms with Crippen molar-refractivity contribution in [2.45, 2.75) is 19.4 Å². The molecule has 2 rings (SSSR count). The number of carbonyl (C=O) groups is 1. The molecule has 0 aromatic heterocycles. The fourth-order valence-corrected chi connectivity index (χ4v) is 2.11. The van der Waals surface area contributed by atoms with Crippen LogP contribution in [0.5, 0.6) is 5.75 Å². The third-order valence-electron chi connectivity index (χ3n) is 2.57. The second kappa shape index (κ2) is 4.94. The first kappa shape index (κ1) is 12.2. The minimum atomic E-state index is -0.398. The van der Waals surface area contributed by atoms with Crippen LogP contribution in [-0.4, -0.2) is 30.4 Å². The summed E-state index contributed by atoms with van der Waals surface area (Å²) in [5, 5.41) is 9.41. The van der Waals surface area contributed by atoms with E-state index in [1.54, 1.807) is 13.0 Å². The maximum atomic E-state index is 11.6. The Morgan fingerprint density at radius 1 is 1.65 bits per heavy atom. The Hall–Kier alpha value is -1.26. The van der Waals surface area contributed by atoms with Gasteiger partial charge < -0.3 is 14.6 Å². The number of aliphatic hydroxyl groups is 1. The molecule has 0 aliphatic carbocycles. The molecule has 0 spiro atoms. The van der Waals surface area contributed by atoms with E-state index in [2.05, 4.69) is 0 Å². The second-order valence-corrected chi connectivity index (χ2v) is 4.20. The van der Waals surface area contributed by atoms with Crippen LogP contribution >= 0.6 is 11.6 Å². The quantitative estimate of drug-likeness (QED) is 0.838. The highest BCUT2D eigenvalue weighted by Crippen LogP contribution is 2.37. The number of ether oxygens (including phenoxy) is 2. The Balaban J connectivity index is 2.30. The van der Waals surface area contributed by atoms with Crippen LogP contribution in [0.2, 0.25) is 5.02 Å². The van der Waals surface area contributed by atoms with Crippen molar-refractivity contribution in [2.75, 3.05) is 13.2 Å². The predicted molar refractivity (Wildman–Crippen MR) is 62.6 cm³/mol. The van der Waals surface area contributed by atoms with Gasteiger partial charge in [-0.1, -0.05) is 11.6 Å². The molecule has 1 aromatic carbocycles. The van der Waals surface area contributed by atoms with Crippen molar-refractivity contribution in [2.24, 2.45) is 0 Å². The summed E-state index contributed by atoms with van der Waals surface area (Å²) in [7, 11) is 0. The predicted octanol–water partition coefficient (Wildman–Crippen LogP) is 1.81. The van der Waals surface area contributed by atoms with Gasteiger partial charge in [0.25, 0.3) is 0 Å². The minimum absolute atomic E-state index is 0.0697. The lowest BCUT2D eigenvalue weighted by atomic mass is 10.1. The summed E-state index contributed by atoms with van der Waals surface area (Å²) in [5.74, 6) is 0.156. The summed E-state index contributed by atoms with van der Waals surface area (Å²) >= 11 is 6.03. The van der Waals surface area contributed by atoms with Gasteiger partial charge >= 0.3 is 5.97 Å². The molecule has 17 heavy (non-hydrogen) atoms. The van der Waals surface area contributed by atoms with Crippen LogP contribution in [0.15, 0.2) is 12.1 Å². The highest BCUT2D eigenvalue weighted by molar-refractivity contribution is 6.32. The van der Waals surface area contributed by atoms with Gasteiger partial charge in [0.2, 0.25) is 0 Å². The van der Waals surface area contributed by atoms with E-state index in [1.807, 2.05) is 0 Å². The van der Waals surface area contributed by atoms with Gasteiger partial charge in [-0.05, 0) is 19.1 Å². The van der Waals surface area contributed by atoms with Gasteiger partial charge in [0.15, 0.2) is 0 Å². The van der Waals surface area contributed by atoms with Crippen molar-refractivity contribution in [1.29, 1.82) is 0 Å². The number of rotatable bonds is 3. The van der Waals surface area contributed by atoms with E-state index in [0.29, 0.717) is 29.4 Å². The molecule has 0 saturated carbocycles. The summed E-state index contributed by atoms with van der Waals surface area (Å²) in [6.07, 6.45) is 0.277. The molecule has 5 heteroatoms. The zero-order chi connectivity index (χ0) is 12.4. The molecule has 0 amide bonds. The van der Waals surface area contributed by atoms with Crippen LogP contribution in [0, 0.1) is 0 Å². The molecule has 4 nitrogen and oxygen atoms in total. The van der Waals surface area contributed by atoms with Crippen LogP contribution in [0.1, 0.15) is 22.8 Å². The average Bonchev–Trinajstić information content (AvgIpc) is 2.73. The van der Waals surface area contributed by atoms with Gasteiger partial charge in [-0.2, -0.15) is 0 Å². The molecule has 1 aromatic rings. The second-order valence-electron chi connectivity index (χ2n) is 3.79. The summed E-state index contributed by atoms with van der Waals surface area (Å²) < 4.78 is 10.4. The standard InChI is InChI=1S/C12H13ClO4/c1-2-16-12(15)8-3-7-4-9(6-14)17-11(7)10(13)5-8/h3,5,9,14H,2,4,6H2,1H3. The average molecular weight is 257 g/mol. The highest BCUT2D eigenvalue weighted by atomic mass is 35.5. The first-order chi connectivity index (χ1) is 8.15. The van der Waals surface area contributed by atoms with E-state index in [1.165, 1.54) is 6.07 Å². The van der Waals surface area contributed by atoms with E-state index in [9.17, 15) is 4.79 Å². The normalized spacial score (nSPS) is 17.5. The van der Waals surface area contributed by atoms with E-state index >= 15 is 0 Å². The maximum Gasteiger partial charge on any atom is 0.338 e. The molecule has 0 bridgehead atoms. The molecule has 1 aliphatic rings. The highest BCUT2D eigenvalue weighted by Gasteiger charge is 2.26. The van der Waals surface area contributed by atoms with Crippen molar-refractivity contribution >= 4 is 17.6 Å². The topological polar surface area (TPSA) is 55.8 Å². The van der Waals surface area contributed by atoms with Crippen LogP contribution < -0.4 is 4.74 Å². The van der Waals surface area contributed by atoms with Crippen LogP contribution in [-0.2, 0) is 11.2 Å². The number of benzene rings is 1. The molecular formula is C12H13ClO4. The Morgan fingerprint density at radius 2 is 2.41 bits per heavy atom. The van der Waals surface area contributed by atoms with Crippen LogP contribution in [0.3, 0.4) is 0 Å². The molecule has 0 saturated heterocycles. The van der Waals surface area contributed by atoms with Crippen molar-refractivity contribution in [3.8, 4) is 5.75 Å². The van der Waals surface area contributed by atoms with E-state index in [-0.39, 0.29) is 12.7 Å². The van der Waals surface area contributed by atoms with Crippen LogP contribution in [0.4, 0.5) is 0 Å². The molecule has 1 aliphatic heterocycles. The monoisotopic (exact) mass is 256 g/mol. The fourth-order valence-electron chi connectivity index (χ4n) is 1.82. The molecule has 1 unspecified atom stereocenters. The van der Waals surface area contributed by atoms with Gasteiger partial charge in [-0.15, -0.1) is 0 Å². The molecule has 0 radical (unpaired) electrons.